The molecular formula is C22H28N4O3. The van der Waals surface area contributed by atoms with E-state index in [4.69, 9.17) is 9.40 Å². The molecule has 2 unspecified atom stereocenters. The van der Waals surface area contributed by atoms with E-state index in [9.17, 15) is 9.90 Å². The molecule has 3 aromatic rings. The molecule has 1 aliphatic rings. The molecule has 3 aromatic heterocycles. The van der Waals surface area contributed by atoms with Crippen LogP contribution >= 0.6 is 0 Å². The first-order chi connectivity index (χ1) is 13.8. The van der Waals surface area contributed by atoms with Gasteiger partial charge in [-0.15, -0.1) is 0 Å². The molecule has 0 saturated heterocycles. The normalized spacial score (nSPS) is 19.4. The summed E-state index contributed by atoms with van der Waals surface area (Å²) >= 11 is 0. The molecule has 3 heterocycles. The molecule has 1 fully saturated rings. The maximum Gasteiger partial charge on any atom is 0.252 e. The summed E-state index contributed by atoms with van der Waals surface area (Å²) < 4.78 is 7.51. The predicted molar refractivity (Wildman–Crippen MR) is 111 cm³/mol. The molecule has 7 nitrogen and oxygen atoms in total. The summed E-state index contributed by atoms with van der Waals surface area (Å²) in [6.45, 7) is 8.34. The van der Waals surface area contributed by atoms with Crippen LogP contribution in [-0.4, -0.2) is 38.4 Å². The van der Waals surface area contributed by atoms with Crippen LogP contribution in [0.1, 0.15) is 61.0 Å². The molecule has 0 aromatic carbocycles. The van der Waals surface area contributed by atoms with Crippen molar-refractivity contribution in [1.82, 2.24) is 20.1 Å². The van der Waals surface area contributed by atoms with Gasteiger partial charge in [0.05, 0.1) is 28.9 Å². The van der Waals surface area contributed by atoms with Crippen LogP contribution in [0, 0.1) is 19.8 Å². The van der Waals surface area contributed by atoms with Crippen molar-refractivity contribution in [3.05, 3.63) is 35.4 Å². The molecule has 0 spiro atoms. The number of nitrogens with one attached hydrogen (secondary N) is 1. The number of nitrogens with zero attached hydrogens (tertiary/aromatic N) is 3. The molecule has 0 radical (unpaired) electrons. The monoisotopic (exact) mass is 396 g/mol. The van der Waals surface area contributed by atoms with Crippen LogP contribution in [0.3, 0.4) is 0 Å². The zero-order valence-electron chi connectivity index (χ0n) is 17.4. The van der Waals surface area contributed by atoms with Gasteiger partial charge in [0.15, 0.2) is 5.65 Å². The lowest BCUT2D eigenvalue weighted by molar-refractivity contribution is 0.0918. The van der Waals surface area contributed by atoms with Gasteiger partial charge in [-0.2, -0.15) is 5.10 Å². The van der Waals surface area contributed by atoms with E-state index in [0.29, 0.717) is 23.4 Å². The highest BCUT2D eigenvalue weighted by Gasteiger charge is 2.26. The Morgan fingerprint density at radius 3 is 2.76 bits per heavy atom. The fourth-order valence-corrected chi connectivity index (χ4v) is 4.18. The van der Waals surface area contributed by atoms with Crippen LogP contribution in [0.2, 0.25) is 0 Å². The predicted octanol–water partition coefficient (Wildman–Crippen LogP) is 3.78. The van der Waals surface area contributed by atoms with Gasteiger partial charge in [0, 0.05) is 24.1 Å². The van der Waals surface area contributed by atoms with Gasteiger partial charge in [-0.1, -0.05) is 6.42 Å². The van der Waals surface area contributed by atoms with Crippen molar-refractivity contribution < 1.29 is 14.3 Å². The lowest BCUT2D eigenvalue weighted by Crippen LogP contribution is -2.32. The number of aryl methyl sites for hydroxylation is 2. The van der Waals surface area contributed by atoms with Crippen LogP contribution in [0.15, 0.2) is 22.7 Å². The number of aliphatic hydroxyl groups is 1. The third kappa shape index (κ3) is 3.67. The topological polar surface area (TPSA) is 93.2 Å². The number of carbonyl (C=O) groups excluding carboxylic acids is 1. The Bertz CT molecular complexity index is 1050. The van der Waals surface area contributed by atoms with Crippen LogP contribution in [-0.2, 0) is 0 Å². The summed E-state index contributed by atoms with van der Waals surface area (Å²) in [7, 11) is 0. The van der Waals surface area contributed by atoms with Gasteiger partial charge >= 0.3 is 0 Å². The molecule has 0 aliphatic heterocycles. The molecule has 154 valence electrons. The fourth-order valence-electron chi connectivity index (χ4n) is 4.18. The number of fused-ring (bicyclic) bond motifs is 1. The summed E-state index contributed by atoms with van der Waals surface area (Å²) in [5.41, 5.74) is 2.80. The molecule has 1 saturated carbocycles. The quantitative estimate of drug-likeness (QED) is 0.685. The average Bonchev–Trinajstić information content (AvgIpc) is 3.37. The van der Waals surface area contributed by atoms with E-state index < -0.39 is 0 Å². The number of rotatable bonds is 5. The van der Waals surface area contributed by atoms with Gasteiger partial charge in [-0.3, -0.25) is 4.79 Å². The lowest BCUT2D eigenvalue weighted by atomic mass is 10.0. The van der Waals surface area contributed by atoms with Gasteiger partial charge < -0.3 is 14.8 Å². The van der Waals surface area contributed by atoms with Crippen LogP contribution < -0.4 is 5.32 Å². The van der Waals surface area contributed by atoms with E-state index in [1.165, 1.54) is 0 Å². The molecule has 1 aliphatic carbocycles. The van der Waals surface area contributed by atoms with Gasteiger partial charge in [0.25, 0.3) is 5.91 Å². The van der Waals surface area contributed by atoms with Gasteiger partial charge in [0.1, 0.15) is 11.5 Å². The molecule has 2 N–H and O–H groups in total. The maximum absolute atomic E-state index is 13.1. The summed E-state index contributed by atoms with van der Waals surface area (Å²) in [5.74, 6) is 1.52. The molecular weight excluding hydrogens is 368 g/mol. The van der Waals surface area contributed by atoms with E-state index in [2.05, 4.69) is 10.4 Å². The van der Waals surface area contributed by atoms with Gasteiger partial charge in [0.2, 0.25) is 0 Å². The smallest absolute Gasteiger partial charge is 0.252 e. The van der Waals surface area contributed by atoms with Crippen LogP contribution in [0.5, 0.6) is 0 Å². The molecule has 4 rings (SSSR count). The van der Waals surface area contributed by atoms with Gasteiger partial charge in [-0.25, -0.2) is 9.67 Å². The third-order valence-corrected chi connectivity index (χ3v) is 5.76. The number of furan rings is 1. The minimum Gasteiger partial charge on any atom is -0.466 e. The van der Waals surface area contributed by atoms with Gasteiger partial charge in [-0.05, 0) is 52.7 Å². The van der Waals surface area contributed by atoms with E-state index in [-0.39, 0.29) is 24.0 Å². The Balaban J connectivity index is 1.75. The molecule has 0 bridgehead atoms. The van der Waals surface area contributed by atoms with Crippen molar-refractivity contribution in [3.8, 4) is 11.3 Å². The second kappa shape index (κ2) is 7.63. The first kappa shape index (κ1) is 19.6. The van der Waals surface area contributed by atoms with Crippen molar-refractivity contribution >= 4 is 16.9 Å². The first-order valence-corrected chi connectivity index (χ1v) is 10.3. The number of aromatic nitrogens is 3. The van der Waals surface area contributed by atoms with E-state index >= 15 is 0 Å². The summed E-state index contributed by atoms with van der Waals surface area (Å²) in [5, 5.41) is 18.2. The Morgan fingerprint density at radius 2 is 2.14 bits per heavy atom. The lowest BCUT2D eigenvalue weighted by Gasteiger charge is -2.16. The molecule has 2 atom stereocenters. The Hall–Kier alpha value is -2.67. The van der Waals surface area contributed by atoms with Crippen LogP contribution in [0.4, 0.5) is 0 Å². The number of carbonyl (C=O) groups is 1. The largest absolute Gasteiger partial charge is 0.466 e. The Labute approximate surface area is 170 Å². The average molecular weight is 396 g/mol. The standard InChI is InChI=1S/C22H28N4O3/c1-12(2)26-21-18(11-24-26)17(22(28)23-10-15-6-5-7-20(15)27)9-19(25-21)16-8-13(3)29-14(16)4/h8-9,11-12,15,20,27H,5-7,10H2,1-4H3,(H,23,28). The van der Waals surface area contributed by atoms with Crippen molar-refractivity contribution in [2.24, 2.45) is 5.92 Å². The highest BCUT2D eigenvalue weighted by atomic mass is 16.3. The van der Waals surface area contributed by atoms with E-state index in [1.54, 1.807) is 6.20 Å². The van der Waals surface area contributed by atoms with E-state index in [0.717, 1.165) is 41.7 Å². The maximum atomic E-state index is 13.1. The number of hydrogen-bond acceptors (Lipinski definition) is 5. The van der Waals surface area contributed by atoms with Crippen LogP contribution in [0.25, 0.3) is 22.3 Å². The van der Waals surface area contributed by atoms with Crippen molar-refractivity contribution in [3.63, 3.8) is 0 Å². The molecule has 1 amide bonds. The summed E-state index contributed by atoms with van der Waals surface area (Å²) in [4.78, 5) is 17.9. The highest BCUT2D eigenvalue weighted by molar-refractivity contribution is 6.06. The highest BCUT2D eigenvalue weighted by Crippen LogP contribution is 2.30. The number of aliphatic hydroxyl groups excluding tert-OH is 1. The summed E-state index contributed by atoms with van der Waals surface area (Å²) in [6.07, 6.45) is 4.13. The SMILES string of the molecule is Cc1cc(-c2cc(C(=O)NCC3CCCC3O)c3cnn(C(C)C)c3n2)c(C)o1. The number of hydrogen-bond donors (Lipinski definition) is 2. The molecule has 7 heteroatoms. The van der Waals surface area contributed by atoms with E-state index in [1.807, 2.05) is 44.5 Å². The minimum atomic E-state index is -0.330. The zero-order chi connectivity index (χ0) is 20.7. The van der Waals surface area contributed by atoms with Crippen molar-refractivity contribution in [2.45, 2.75) is 59.1 Å². The number of pyridine rings is 1. The third-order valence-electron chi connectivity index (χ3n) is 5.76. The fraction of sp³-hybridized carbons (Fsp3) is 0.500. The zero-order valence-corrected chi connectivity index (χ0v) is 17.4. The van der Waals surface area contributed by atoms with Crippen molar-refractivity contribution in [1.29, 1.82) is 0 Å². The number of amides is 1. The van der Waals surface area contributed by atoms with Crippen molar-refractivity contribution in [2.75, 3.05) is 6.54 Å². The second-order valence-electron chi connectivity index (χ2n) is 8.27. The first-order valence-electron chi connectivity index (χ1n) is 10.3. The minimum absolute atomic E-state index is 0.118. The molecule has 29 heavy (non-hydrogen) atoms. The Kier molecular flexibility index (Phi) is 5.17. The Morgan fingerprint density at radius 1 is 1.34 bits per heavy atom. The summed E-state index contributed by atoms with van der Waals surface area (Å²) in [6, 6.07) is 3.87. The second-order valence-corrected chi connectivity index (χ2v) is 8.27.